The normalized spacial score (nSPS) is 13.4. The molecule has 1 aliphatic carbocycles. The first-order chi connectivity index (χ1) is 14.3. The van der Waals surface area contributed by atoms with Gasteiger partial charge in [0.2, 0.25) is 0 Å². The van der Waals surface area contributed by atoms with Crippen LogP contribution in [0.1, 0.15) is 28.9 Å². The molecule has 1 aliphatic rings. The van der Waals surface area contributed by atoms with E-state index in [0.29, 0.717) is 13.1 Å². The van der Waals surface area contributed by atoms with E-state index in [9.17, 15) is 0 Å². The molecule has 5 rings (SSSR count). The number of aromatic nitrogens is 6. The number of nitrogens with zero attached hydrogens (tertiary/aromatic N) is 6. The standard InChI is InChI=1S/C23H20N6/c1-3-8-18(9-4-1)14-28-16-22(24-26-28)20-12-7-13-21(20)23-17-29(27-25-23)15-19-10-5-2-6-11-19/h1-12,16-17H,13-15H2. The van der Waals surface area contributed by atoms with Crippen molar-refractivity contribution >= 4 is 11.1 Å². The molecular weight excluding hydrogens is 360 g/mol. The van der Waals surface area contributed by atoms with Crippen LogP contribution >= 0.6 is 0 Å². The third-order valence-corrected chi connectivity index (χ3v) is 4.97. The molecule has 0 saturated carbocycles. The Morgan fingerprint density at radius 1 is 0.690 bits per heavy atom. The summed E-state index contributed by atoms with van der Waals surface area (Å²) in [5, 5.41) is 17.4. The number of hydrogen-bond acceptors (Lipinski definition) is 4. The highest BCUT2D eigenvalue weighted by atomic mass is 15.4. The summed E-state index contributed by atoms with van der Waals surface area (Å²) in [4.78, 5) is 0. The van der Waals surface area contributed by atoms with Crippen molar-refractivity contribution in [3.05, 3.63) is 108 Å². The van der Waals surface area contributed by atoms with Crippen LogP contribution in [0.3, 0.4) is 0 Å². The van der Waals surface area contributed by atoms with Gasteiger partial charge in [-0.2, -0.15) is 0 Å². The minimum atomic E-state index is 0.702. The molecule has 0 N–H and O–H groups in total. The summed E-state index contributed by atoms with van der Waals surface area (Å²) in [6.07, 6.45) is 9.06. The average Bonchev–Trinajstić information content (AvgIpc) is 3.50. The lowest BCUT2D eigenvalue weighted by Gasteiger charge is -2.02. The van der Waals surface area contributed by atoms with Crippen molar-refractivity contribution in [1.82, 2.24) is 30.0 Å². The van der Waals surface area contributed by atoms with E-state index >= 15 is 0 Å². The molecule has 0 aliphatic heterocycles. The first-order valence-corrected chi connectivity index (χ1v) is 9.64. The van der Waals surface area contributed by atoms with Crippen molar-refractivity contribution in [2.45, 2.75) is 19.5 Å². The van der Waals surface area contributed by atoms with Gasteiger partial charge in [0, 0.05) is 5.57 Å². The van der Waals surface area contributed by atoms with E-state index in [2.05, 4.69) is 57.0 Å². The fourth-order valence-corrected chi connectivity index (χ4v) is 3.54. The second-order valence-electron chi connectivity index (χ2n) is 7.07. The second kappa shape index (κ2) is 7.67. The maximum atomic E-state index is 4.40. The van der Waals surface area contributed by atoms with Crippen LogP contribution in [0.2, 0.25) is 0 Å². The zero-order valence-corrected chi connectivity index (χ0v) is 15.9. The Morgan fingerprint density at radius 3 is 1.86 bits per heavy atom. The lowest BCUT2D eigenvalue weighted by Crippen LogP contribution is -1.99. The summed E-state index contributed by atoms with van der Waals surface area (Å²) >= 11 is 0. The van der Waals surface area contributed by atoms with Crippen LogP contribution in [0.25, 0.3) is 11.1 Å². The molecule has 4 aromatic rings. The number of benzene rings is 2. The highest BCUT2D eigenvalue weighted by Crippen LogP contribution is 2.33. The summed E-state index contributed by atoms with van der Waals surface area (Å²) in [5.74, 6) is 0. The van der Waals surface area contributed by atoms with Crippen LogP contribution in [-0.2, 0) is 13.1 Å². The molecule has 0 atom stereocenters. The van der Waals surface area contributed by atoms with Gasteiger partial charge in [0.15, 0.2) is 0 Å². The Labute approximate surface area is 168 Å². The fraction of sp³-hybridized carbons (Fsp3) is 0.130. The van der Waals surface area contributed by atoms with Crippen LogP contribution in [0.15, 0.2) is 85.2 Å². The predicted molar refractivity (Wildman–Crippen MR) is 112 cm³/mol. The Morgan fingerprint density at radius 2 is 1.24 bits per heavy atom. The quantitative estimate of drug-likeness (QED) is 0.510. The van der Waals surface area contributed by atoms with E-state index in [1.54, 1.807) is 0 Å². The Kier molecular flexibility index (Phi) is 4.58. The van der Waals surface area contributed by atoms with Gasteiger partial charge in [-0.15, -0.1) is 10.2 Å². The molecule has 0 fully saturated rings. The van der Waals surface area contributed by atoms with Crippen molar-refractivity contribution in [2.75, 3.05) is 0 Å². The minimum Gasteiger partial charge on any atom is -0.247 e. The molecule has 0 spiro atoms. The molecule has 6 heteroatoms. The lowest BCUT2D eigenvalue weighted by molar-refractivity contribution is 0.649. The summed E-state index contributed by atoms with van der Waals surface area (Å²) in [5.41, 5.74) is 6.35. The van der Waals surface area contributed by atoms with Crippen LogP contribution in [0.5, 0.6) is 0 Å². The van der Waals surface area contributed by atoms with Crippen molar-refractivity contribution in [3.63, 3.8) is 0 Å². The van der Waals surface area contributed by atoms with Gasteiger partial charge in [-0.05, 0) is 23.1 Å². The van der Waals surface area contributed by atoms with E-state index in [0.717, 1.165) is 29.0 Å². The first-order valence-electron chi connectivity index (χ1n) is 9.64. The second-order valence-corrected chi connectivity index (χ2v) is 7.07. The van der Waals surface area contributed by atoms with Crippen molar-refractivity contribution in [2.24, 2.45) is 0 Å². The van der Waals surface area contributed by atoms with Crippen LogP contribution in [-0.4, -0.2) is 30.0 Å². The maximum Gasteiger partial charge on any atom is 0.113 e. The molecule has 0 bridgehead atoms. The topological polar surface area (TPSA) is 61.4 Å². The highest BCUT2D eigenvalue weighted by molar-refractivity contribution is 5.96. The molecule has 2 aromatic heterocycles. The molecule has 142 valence electrons. The first kappa shape index (κ1) is 17.3. The van der Waals surface area contributed by atoms with Crippen LogP contribution in [0, 0.1) is 0 Å². The number of hydrogen-bond donors (Lipinski definition) is 0. The molecule has 0 amide bonds. The molecule has 2 heterocycles. The van der Waals surface area contributed by atoms with Gasteiger partial charge in [-0.25, -0.2) is 9.36 Å². The van der Waals surface area contributed by atoms with E-state index < -0.39 is 0 Å². The van der Waals surface area contributed by atoms with Gasteiger partial charge in [-0.1, -0.05) is 83.2 Å². The lowest BCUT2D eigenvalue weighted by atomic mass is 10.1. The van der Waals surface area contributed by atoms with Gasteiger partial charge in [-0.3, -0.25) is 0 Å². The summed E-state index contributed by atoms with van der Waals surface area (Å²) in [6.45, 7) is 1.41. The molecule has 0 radical (unpaired) electrons. The van der Waals surface area contributed by atoms with Crippen molar-refractivity contribution in [1.29, 1.82) is 0 Å². The molecule has 6 nitrogen and oxygen atoms in total. The SMILES string of the molecule is C1=CC(c2cn(Cc3ccccc3)nn2)=C(c2cn(Cc3ccccc3)nn2)C1. The van der Waals surface area contributed by atoms with E-state index in [4.69, 9.17) is 0 Å². The monoisotopic (exact) mass is 380 g/mol. The summed E-state index contributed by atoms with van der Waals surface area (Å²) in [7, 11) is 0. The van der Waals surface area contributed by atoms with Crippen molar-refractivity contribution < 1.29 is 0 Å². The van der Waals surface area contributed by atoms with Crippen LogP contribution < -0.4 is 0 Å². The Bertz CT molecular complexity index is 1170. The molecular formula is C23H20N6. The van der Waals surface area contributed by atoms with E-state index in [1.807, 2.05) is 58.2 Å². The van der Waals surface area contributed by atoms with Gasteiger partial charge in [0.25, 0.3) is 0 Å². The largest absolute Gasteiger partial charge is 0.247 e. The van der Waals surface area contributed by atoms with E-state index in [-0.39, 0.29) is 0 Å². The minimum absolute atomic E-state index is 0.702. The van der Waals surface area contributed by atoms with E-state index in [1.165, 1.54) is 11.1 Å². The zero-order chi connectivity index (χ0) is 19.5. The predicted octanol–water partition coefficient (Wildman–Crippen LogP) is 3.84. The summed E-state index contributed by atoms with van der Waals surface area (Å²) < 4.78 is 3.74. The Balaban J connectivity index is 1.38. The number of allylic oxidation sites excluding steroid dienone is 4. The van der Waals surface area contributed by atoms with Gasteiger partial charge in [0.05, 0.1) is 25.5 Å². The smallest absolute Gasteiger partial charge is 0.113 e. The third kappa shape index (κ3) is 3.78. The summed E-state index contributed by atoms with van der Waals surface area (Å²) in [6, 6.07) is 20.5. The number of rotatable bonds is 6. The zero-order valence-electron chi connectivity index (χ0n) is 15.9. The maximum absolute atomic E-state index is 4.40. The third-order valence-electron chi connectivity index (χ3n) is 4.97. The molecule has 2 aromatic carbocycles. The molecule has 0 unspecified atom stereocenters. The van der Waals surface area contributed by atoms with Gasteiger partial charge < -0.3 is 0 Å². The fourth-order valence-electron chi connectivity index (χ4n) is 3.54. The average molecular weight is 380 g/mol. The van der Waals surface area contributed by atoms with Crippen LogP contribution in [0.4, 0.5) is 0 Å². The molecule has 29 heavy (non-hydrogen) atoms. The highest BCUT2D eigenvalue weighted by Gasteiger charge is 2.18. The van der Waals surface area contributed by atoms with Crippen molar-refractivity contribution in [3.8, 4) is 0 Å². The van der Waals surface area contributed by atoms with Gasteiger partial charge in [0.1, 0.15) is 11.4 Å². The molecule has 0 saturated heterocycles. The van der Waals surface area contributed by atoms with Gasteiger partial charge >= 0.3 is 0 Å². The Hall–Kier alpha value is -3.80.